The molecule has 1 aromatic carbocycles. The molecule has 2 amide bonds. The fraction of sp³-hybridized carbons (Fsp3) is 0.211. The Hall–Kier alpha value is -2.71. The summed E-state index contributed by atoms with van der Waals surface area (Å²) >= 11 is 7.59. The number of para-hydroxylation sites is 1. The number of aromatic nitrogens is 2. The van der Waals surface area contributed by atoms with E-state index in [0.29, 0.717) is 26.2 Å². The molecule has 0 unspecified atom stereocenters. The second-order valence-electron chi connectivity index (χ2n) is 6.25. The van der Waals surface area contributed by atoms with Crippen LogP contribution in [0.1, 0.15) is 0 Å². The highest BCUT2D eigenvalue weighted by Gasteiger charge is 2.23. The number of halogens is 2. The zero-order chi connectivity index (χ0) is 19.5. The summed E-state index contributed by atoms with van der Waals surface area (Å²) in [5, 5.41) is 13.3. The van der Waals surface area contributed by atoms with Crippen molar-refractivity contribution in [3.05, 3.63) is 58.7 Å². The lowest BCUT2D eigenvalue weighted by atomic mass is 10.3. The van der Waals surface area contributed by atoms with Crippen molar-refractivity contribution in [3.8, 4) is 10.6 Å². The standard InChI is InChI=1S/C19H17ClFN5OS/c20-13-3-1-4-14(21)18(13)22-19(27)26-10-8-25(9-11-26)17-7-6-15(23-24-17)16-5-2-12-28-16/h1-7,12H,8-11H2,(H,22,27). The maximum absolute atomic E-state index is 13.9. The smallest absolute Gasteiger partial charge is 0.322 e. The first-order chi connectivity index (χ1) is 13.6. The lowest BCUT2D eigenvalue weighted by Crippen LogP contribution is -2.50. The number of nitrogens with zero attached hydrogens (tertiary/aromatic N) is 4. The van der Waals surface area contributed by atoms with Crippen LogP contribution in [0.15, 0.2) is 47.8 Å². The molecule has 3 aromatic rings. The minimum Gasteiger partial charge on any atom is -0.352 e. The van der Waals surface area contributed by atoms with Gasteiger partial charge in [0.25, 0.3) is 0 Å². The highest BCUT2D eigenvalue weighted by molar-refractivity contribution is 7.13. The number of carbonyl (C=O) groups excluding carboxylic acids is 1. The molecule has 0 bridgehead atoms. The Balaban J connectivity index is 1.36. The Labute approximate surface area is 170 Å². The lowest BCUT2D eigenvalue weighted by molar-refractivity contribution is 0.208. The van der Waals surface area contributed by atoms with Gasteiger partial charge in [-0.25, -0.2) is 9.18 Å². The van der Waals surface area contributed by atoms with Gasteiger partial charge in [0.15, 0.2) is 5.82 Å². The van der Waals surface area contributed by atoms with Crippen molar-refractivity contribution in [2.24, 2.45) is 0 Å². The molecule has 0 spiro atoms. The summed E-state index contributed by atoms with van der Waals surface area (Å²) in [7, 11) is 0. The van der Waals surface area contributed by atoms with Crippen molar-refractivity contribution in [1.29, 1.82) is 0 Å². The van der Waals surface area contributed by atoms with E-state index < -0.39 is 5.82 Å². The molecule has 144 valence electrons. The summed E-state index contributed by atoms with van der Waals surface area (Å²) in [4.78, 5) is 17.2. The predicted octanol–water partition coefficient (Wildman–Crippen LogP) is 4.35. The molecule has 4 rings (SSSR count). The van der Waals surface area contributed by atoms with Crippen molar-refractivity contribution >= 4 is 40.5 Å². The monoisotopic (exact) mass is 417 g/mol. The van der Waals surface area contributed by atoms with E-state index >= 15 is 0 Å². The van der Waals surface area contributed by atoms with Gasteiger partial charge in [0.2, 0.25) is 0 Å². The van der Waals surface area contributed by atoms with E-state index in [-0.39, 0.29) is 16.7 Å². The van der Waals surface area contributed by atoms with Gasteiger partial charge in [-0.05, 0) is 35.7 Å². The van der Waals surface area contributed by atoms with Crippen LogP contribution in [0, 0.1) is 5.82 Å². The molecule has 1 saturated heterocycles. The number of carbonyl (C=O) groups is 1. The summed E-state index contributed by atoms with van der Waals surface area (Å²) in [6.45, 7) is 2.22. The molecular formula is C19H17ClFN5OS. The van der Waals surface area contributed by atoms with E-state index in [9.17, 15) is 9.18 Å². The fourth-order valence-electron chi connectivity index (χ4n) is 2.99. The Bertz CT molecular complexity index is 939. The van der Waals surface area contributed by atoms with Crippen LogP contribution < -0.4 is 10.2 Å². The molecule has 0 aliphatic carbocycles. The molecule has 0 radical (unpaired) electrons. The number of hydrogen-bond acceptors (Lipinski definition) is 5. The normalized spacial score (nSPS) is 14.2. The third-order valence-corrected chi connectivity index (χ3v) is 5.72. The van der Waals surface area contributed by atoms with Gasteiger partial charge in [-0.15, -0.1) is 21.5 Å². The second kappa shape index (κ2) is 8.12. The van der Waals surface area contributed by atoms with Crippen LogP contribution in [0.4, 0.5) is 20.7 Å². The number of anilines is 2. The SMILES string of the molecule is O=C(Nc1c(F)cccc1Cl)N1CCN(c2ccc(-c3cccs3)nn2)CC1. The topological polar surface area (TPSA) is 61.4 Å². The minimum atomic E-state index is -0.555. The molecule has 0 atom stereocenters. The Morgan fingerprint density at radius 2 is 1.89 bits per heavy atom. The highest BCUT2D eigenvalue weighted by Crippen LogP contribution is 2.26. The van der Waals surface area contributed by atoms with Crippen molar-refractivity contribution in [1.82, 2.24) is 15.1 Å². The van der Waals surface area contributed by atoms with Crippen molar-refractivity contribution < 1.29 is 9.18 Å². The Kier molecular flexibility index (Phi) is 5.40. The lowest BCUT2D eigenvalue weighted by Gasteiger charge is -2.35. The second-order valence-corrected chi connectivity index (χ2v) is 7.61. The molecular weight excluding hydrogens is 401 g/mol. The van der Waals surface area contributed by atoms with Gasteiger partial charge in [-0.1, -0.05) is 23.7 Å². The summed E-state index contributed by atoms with van der Waals surface area (Å²) in [5.74, 6) is 0.220. The number of amides is 2. The Morgan fingerprint density at radius 3 is 2.54 bits per heavy atom. The molecule has 1 N–H and O–H groups in total. The largest absolute Gasteiger partial charge is 0.352 e. The van der Waals surface area contributed by atoms with Crippen molar-refractivity contribution in [2.75, 3.05) is 36.4 Å². The number of nitrogens with one attached hydrogen (secondary N) is 1. The molecule has 0 saturated carbocycles. The van der Waals surface area contributed by atoms with Crippen molar-refractivity contribution in [2.45, 2.75) is 0 Å². The summed E-state index contributed by atoms with van der Waals surface area (Å²) in [6.07, 6.45) is 0. The average molecular weight is 418 g/mol. The third kappa shape index (κ3) is 3.93. The molecule has 9 heteroatoms. The Morgan fingerprint density at radius 1 is 1.07 bits per heavy atom. The maximum atomic E-state index is 13.9. The molecule has 1 aliphatic heterocycles. The average Bonchev–Trinajstić information content (AvgIpc) is 3.26. The molecule has 1 aliphatic rings. The van der Waals surface area contributed by atoms with Gasteiger partial charge in [-0.3, -0.25) is 0 Å². The van der Waals surface area contributed by atoms with E-state index in [1.807, 2.05) is 29.6 Å². The quantitative estimate of drug-likeness (QED) is 0.688. The van der Waals surface area contributed by atoms with Crippen LogP contribution in [0.2, 0.25) is 5.02 Å². The van der Waals surface area contributed by atoms with Gasteiger partial charge in [-0.2, -0.15) is 0 Å². The number of thiophene rings is 1. The van der Waals surface area contributed by atoms with Crippen LogP contribution in [0.25, 0.3) is 10.6 Å². The van der Waals surface area contributed by atoms with E-state index in [0.717, 1.165) is 16.4 Å². The first-order valence-corrected chi connectivity index (χ1v) is 10.00. The highest BCUT2D eigenvalue weighted by atomic mass is 35.5. The maximum Gasteiger partial charge on any atom is 0.322 e. The number of benzene rings is 1. The van der Waals surface area contributed by atoms with Gasteiger partial charge < -0.3 is 15.1 Å². The molecule has 28 heavy (non-hydrogen) atoms. The first kappa shape index (κ1) is 18.6. The number of rotatable bonds is 3. The number of urea groups is 1. The molecule has 2 aromatic heterocycles. The molecule has 1 fully saturated rings. The summed E-state index contributed by atoms with van der Waals surface area (Å²) in [5.41, 5.74) is 0.852. The van der Waals surface area contributed by atoms with Gasteiger partial charge in [0.05, 0.1) is 15.6 Å². The van der Waals surface area contributed by atoms with E-state index in [2.05, 4.69) is 20.4 Å². The summed E-state index contributed by atoms with van der Waals surface area (Å²) < 4.78 is 13.9. The van der Waals surface area contributed by atoms with Crippen LogP contribution in [0.5, 0.6) is 0 Å². The van der Waals surface area contributed by atoms with Gasteiger partial charge in [0.1, 0.15) is 11.5 Å². The predicted molar refractivity (Wildman–Crippen MR) is 110 cm³/mol. The van der Waals surface area contributed by atoms with E-state index in [4.69, 9.17) is 11.6 Å². The molecule has 3 heterocycles. The van der Waals surface area contributed by atoms with Crippen molar-refractivity contribution in [3.63, 3.8) is 0 Å². The molecule has 6 nitrogen and oxygen atoms in total. The van der Waals surface area contributed by atoms with Crippen LogP contribution in [-0.2, 0) is 0 Å². The van der Waals surface area contributed by atoms with Gasteiger partial charge in [0, 0.05) is 26.2 Å². The zero-order valence-electron chi connectivity index (χ0n) is 14.8. The zero-order valence-corrected chi connectivity index (χ0v) is 16.4. The first-order valence-electron chi connectivity index (χ1n) is 8.74. The van der Waals surface area contributed by atoms with Gasteiger partial charge >= 0.3 is 6.03 Å². The minimum absolute atomic E-state index is 0.00614. The van der Waals surface area contributed by atoms with E-state index in [1.165, 1.54) is 18.2 Å². The fourth-order valence-corrected chi connectivity index (χ4v) is 3.89. The van der Waals surface area contributed by atoms with Crippen LogP contribution in [0.3, 0.4) is 0 Å². The summed E-state index contributed by atoms with van der Waals surface area (Å²) in [6, 6.07) is 11.8. The van der Waals surface area contributed by atoms with E-state index in [1.54, 1.807) is 16.2 Å². The third-order valence-electron chi connectivity index (χ3n) is 4.51. The van der Waals surface area contributed by atoms with Crippen LogP contribution in [-0.4, -0.2) is 47.3 Å². The number of piperazine rings is 1. The number of hydrogen-bond donors (Lipinski definition) is 1. The van der Waals surface area contributed by atoms with Crippen LogP contribution >= 0.6 is 22.9 Å².